The SMILES string of the molecule is Cc1cc(C(=O)Nc2cccc(OC(C)C)c2)cc(Cl)c1OCCN. The van der Waals surface area contributed by atoms with Gasteiger partial charge in [-0.2, -0.15) is 0 Å². The van der Waals surface area contributed by atoms with Gasteiger partial charge in [0.2, 0.25) is 0 Å². The van der Waals surface area contributed by atoms with Gasteiger partial charge in [-0.3, -0.25) is 4.79 Å². The van der Waals surface area contributed by atoms with Crippen LogP contribution in [-0.2, 0) is 0 Å². The number of ether oxygens (including phenoxy) is 2. The third-order valence-electron chi connectivity index (χ3n) is 3.32. The van der Waals surface area contributed by atoms with Crippen molar-refractivity contribution in [1.29, 1.82) is 0 Å². The maximum absolute atomic E-state index is 12.5. The second-order valence-electron chi connectivity index (χ2n) is 5.89. The zero-order chi connectivity index (χ0) is 18.4. The first-order valence-corrected chi connectivity index (χ1v) is 8.49. The second-order valence-corrected chi connectivity index (χ2v) is 6.30. The van der Waals surface area contributed by atoms with Crippen LogP contribution in [0.3, 0.4) is 0 Å². The molecule has 134 valence electrons. The van der Waals surface area contributed by atoms with Crippen LogP contribution in [0.1, 0.15) is 29.8 Å². The monoisotopic (exact) mass is 362 g/mol. The Morgan fingerprint density at radius 3 is 2.68 bits per heavy atom. The van der Waals surface area contributed by atoms with Gasteiger partial charge >= 0.3 is 0 Å². The Bertz CT molecular complexity index is 724. The lowest BCUT2D eigenvalue weighted by Gasteiger charge is -2.13. The molecule has 6 heteroatoms. The summed E-state index contributed by atoms with van der Waals surface area (Å²) in [6.07, 6.45) is 0.0634. The molecule has 0 saturated heterocycles. The predicted molar refractivity (Wildman–Crippen MR) is 101 cm³/mol. The molecule has 2 aromatic carbocycles. The maximum Gasteiger partial charge on any atom is 0.255 e. The van der Waals surface area contributed by atoms with Crippen LogP contribution >= 0.6 is 11.6 Å². The molecule has 2 rings (SSSR count). The molecule has 0 unspecified atom stereocenters. The maximum atomic E-state index is 12.5. The minimum Gasteiger partial charge on any atom is -0.491 e. The summed E-state index contributed by atoms with van der Waals surface area (Å²) in [5.41, 5.74) is 7.33. The lowest BCUT2D eigenvalue weighted by atomic mass is 10.1. The molecule has 0 heterocycles. The largest absolute Gasteiger partial charge is 0.491 e. The summed E-state index contributed by atoms with van der Waals surface area (Å²) in [6, 6.07) is 10.6. The van der Waals surface area contributed by atoms with Gasteiger partial charge in [-0.05, 0) is 50.6 Å². The number of carbonyl (C=O) groups is 1. The molecule has 1 amide bonds. The summed E-state index contributed by atoms with van der Waals surface area (Å²) in [5, 5.41) is 3.24. The molecule has 0 spiro atoms. The number of anilines is 1. The first-order chi connectivity index (χ1) is 11.9. The van der Waals surface area contributed by atoms with Crippen molar-refractivity contribution in [3.63, 3.8) is 0 Å². The Kier molecular flexibility index (Phi) is 6.67. The topological polar surface area (TPSA) is 73.6 Å². The number of hydrogen-bond donors (Lipinski definition) is 2. The molecule has 0 aliphatic rings. The van der Waals surface area contributed by atoms with E-state index < -0.39 is 0 Å². The minimum absolute atomic E-state index is 0.0634. The molecule has 0 radical (unpaired) electrons. The van der Waals surface area contributed by atoms with Crippen LogP contribution in [0.4, 0.5) is 5.69 Å². The summed E-state index contributed by atoms with van der Waals surface area (Å²) >= 11 is 6.23. The molecule has 0 bridgehead atoms. The number of nitrogens with one attached hydrogen (secondary N) is 1. The van der Waals surface area contributed by atoms with E-state index in [1.807, 2.05) is 32.9 Å². The highest BCUT2D eigenvalue weighted by Gasteiger charge is 2.13. The quantitative estimate of drug-likeness (QED) is 0.780. The van der Waals surface area contributed by atoms with Crippen LogP contribution in [0.5, 0.6) is 11.5 Å². The molecule has 0 saturated carbocycles. The standard InChI is InChI=1S/C19H23ClN2O3/c1-12(2)25-16-6-4-5-15(11-16)22-19(23)14-9-13(3)18(17(20)10-14)24-8-7-21/h4-6,9-12H,7-8,21H2,1-3H3,(H,22,23). The third kappa shape index (κ3) is 5.37. The van der Waals surface area contributed by atoms with Gasteiger partial charge in [0.15, 0.2) is 0 Å². The minimum atomic E-state index is -0.253. The van der Waals surface area contributed by atoms with E-state index in [4.69, 9.17) is 26.8 Å². The molecule has 0 fully saturated rings. The zero-order valence-corrected chi connectivity index (χ0v) is 15.4. The average Bonchev–Trinajstić information content (AvgIpc) is 2.53. The van der Waals surface area contributed by atoms with Gasteiger partial charge in [-0.1, -0.05) is 17.7 Å². The van der Waals surface area contributed by atoms with Crippen LogP contribution < -0.4 is 20.5 Å². The average molecular weight is 363 g/mol. The van der Waals surface area contributed by atoms with E-state index in [0.29, 0.717) is 40.9 Å². The lowest BCUT2D eigenvalue weighted by molar-refractivity contribution is 0.102. The first kappa shape index (κ1) is 19.1. The number of rotatable bonds is 7. The van der Waals surface area contributed by atoms with Crippen molar-refractivity contribution in [2.24, 2.45) is 5.73 Å². The predicted octanol–water partition coefficient (Wildman–Crippen LogP) is 4.03. The fourth-order valence-electron chi connectivity index (χ4n) is 2.33. The van der Waals surface area contributed by atoms with Gasteiger partial charge in [0.25, 0.3) is 5.91 Å². The number of carbonyl (C=O) groups excluding carboxylic acids is 1. The smallest absolute Gasteiger partial charge is 0.255 e. The van der Waals surface area contributed by atoms with Crippen molar-refractivity contribution in [2.45, 2.75) is 26.9 Å². The summed E-state index contributed by atoms with van der Waals surface area (Å²) in [6.45, 7) is 6.50. The van der Waals surface area contributed by atoms with Crippen molar-refractivity contribution in [3.8, 4) is 11.5 Å². The molecule has 0 aliphatic carbocycles. The van der Waals surface area contributed by atoms with Crippen molar-refractivity contribution in [1.82, 2.24) is 0 Å². The van der Waals surface area contributed by atoms with Crippen molar-refractivity contribution < 1.29 is 14.3 Å². The second kappa shape index (κ2) is 8.74. The van der Waals surface area contributed by atoms with Crippen molar-refractivity contribution in [3.05, 3.63) is 52.5 Å². The molecule has 25 heavy (non-hydrogen) atoms. The van der Waals surface area contributed by atoms with Crippen molar-refractivity contribution >= 4 is 23.2 Å². The summed E-state index contributed by atoms with van der Waals surface area (Å²) in [4.78, 5) is 12.5. The van der Waals surface area contributed by atoms with Crippen LogP contribution in [0.2, 0.25) is 5.02 Å². The van der Waals surface area contributed by atoms with Crippen LogP contribution in [0.15, 0.2) is 36.4 Å². The first-order valence-electron chi connectivity index (χ1n) is 8.11. The zero-order valence-electron chi connectivity index (χ0n) is 14.6. The highest BCUT2D eigenvalue weighted by atomic mass is 35.5. The molecule has 2 aromatic rings. The molecular weight excluding hydrogens is 340 g/mol. The van der Waals surface area contributed by atoms with E-state index in [0.717, 1.165) is 5.56 Å². The van der Waals surface area contributed by atoms with E-state index in [2.05, 4.69) is 5.32 Å². The Morgan fingerprint density at radius 2 is 2.04 bits per heavy atom. The van der Waals surface area contributed by atoms with Gasteiger partial charge in [0.1, 0.15) is 18.1 Å². The molecule has 3 N–H and O–H groups in total. The number of hydrogen-bond acceptors (Lipinski definition) is 4. The number of benzene rings is 2. The van der Waals surface area contributed by atoms with E-state index in [1.54, 1.807) is 24.3 Å². The molecule has 0 atom stereocenters. The van der Waals surface area contributed by atoms with Gasteiger partial charge in [-0.25, -0.2) is 0 Å². The van der Waals surface area contributed by atoms with E-state index >= 15 is 0 Å². The van der Waals surface area contributed by atoms with Crippen LogP contribution in [0.25, 0.3) is 0 Å². The summed E-state index contributed by atoms with van der Waals surface area (Å²) < 4.78 is 11.2. The Labute approximate surface area is 153 Å². The van der Waals surface area contributed by atoms with Crippen LogP contribution in [-0.4, -0.2) is 25.2 Å². The van der Waals surface area contributed by atoms with Gasteiger partial charge in [0, 0.05) is 23.9 Å². The van der Waals surface area contributed by atoms with Gasteiger partial charge < -0.3 is 20.5 Å². The highest BCUT2D eigenvalue weighted by Crippen LogP contribution is 2.30. The normalized spacial score (nSPS) is 10.6. The molecular formula is C19H23ClN2O3. The van der Waals surface area contributed by atoms with Gasteiger partial charge in [0.05, 0.1) is 11.1 Å². The third-order valence-corrected chi connectivity index (χ3v) is 3.60. The lowest BCUT2D eigenvalue weighted by Crippen LogP contribution is -2.14. The van der Waals surface area contributed by atoms with Gasteiger partial charge in [-0.15, -0.1) is 0 Å². The summed E-state index contributed by atoms with van der Waals surface area (Å²) in [5.74, 6) is 1.00. The molecule has 5 nitrogen and oxygen atoms in total. The van der Waals surface area contributed by atoms with Crippen molar-refractivity contribution in [2.75, 3.05) is 18.5 Å². The Hall–Kier alpha value is -2.24. The number of halogens is 1. The fourth-order valence-corrected chi connectivity index (χ4v) is 2.65. The Morgan fingerprint density at radius 1 is 1.28 bits per heavy atom. The summed E-state index contributed by atoms with van der Waals surface area (Å²) in [7, 11) is 0. The Balaban J connectivity index is 2.16. The van der Waals surface area contributed by atoms with E-state index in [-0.39, 0.29) is 12.0 Å². The number of nitrogens with two attached hydrogens (primary N) is 1. The fraction of sp³-hybridized carbons (Fsp3) is 0.316. The van der Waals surface area contributed by atoms with E-state index in [1.165, 1.54) is 0 Å². The number of amides is 1. The molecule has 0 aliphatic heterocycles. The highest BCUT2D eigenvalue weighted by molar-refractivity contribution is 6.32. The molecule has 0 aromatic heterocycles. The van der Waals surface area contributed by atoms with Crippen LogP contribution in [0, 0.1) is 6.92 Å². The van der Waals surface area contributed by atoms with E-state index in [9.17, 15) is 4.79 Å². The number of aryl methyl sites for hydroxylation is 1.